The van der Waals surface area contributed by atoms with Gasteiger partial charge in [-0.3, -0.25) is 0 Å². The van der Waals surface area contributed by atoms with Crippen molar-refractivity contribution in [3.8, 4) is 6.01 Å². The van der Waals surface area contributed by atoms with Gasteiger partial charge < -0.3 is 15.4 Å². The van der Waals surface area contributed by atoms with Crippen LogP contribution in [-0.4, -0.2) is 46.2 Å². The Morgan fingerprint density at radius 2 is 2.05 bits per heavy atom. The van der Waals surface area contributed by atoms with Crippen LogP contribution in [0.25, 0.3) is 0 Å². The third kappa shape index (κ3) is 4.13. The minimum absolute atomic E-state index is 0.343. The zero-order chi connectivity index (χ0) is 14.4. The van der Waals surface area contributed by atoms with Crippen molar-refractivity contribution in [3.05, 3.63) is 0 Å². The zero-order valence-corrected chi connectivity index (χ0v) is 13.2. The van der Waals surface area contributed by atoms with E-state index in [1.165, 1.54) is 19.3 Å². The summed E-state index contributed by atoms with van der Waals surface area (Å²) in [4.78, 5) is 12.8. The largest absolute Gasteiger partial charge is 0.467 e. The summed E-state index contributed by atoms with van der Waals surface area (Å²) in [5.41, 5.74) is 0. The molecule has 6 nitrogen and oxygen atoms in total. The molecule has 0 aromatic carbocycles. The molecular weight excluding hydrogens is 274 g/mol. The van der Waals surface area contributed by atoms with Gasteiger partial charge in [-0.2, -0.15) is 26.7 Å². The quantitative estimate of drug-likeness (QED) is 0.835. The lowest BCUT2D eigenvalue weighted by molar-refractivity contribution is 0.379. The number of nitrogens with one attached hydrogen (secondary N) is 2. The summed E-state index contributed by atoms with van der Waals surface area (Å²) in [6, 6.07) is 0.776. The lowest BCUT2D eigenvalue weighted by Crippen LogP contribution is -2.29. The number of hydrogen-bond acceptors (Lipinski definition) is 7. The number of aromatic nitrogens is 3. The molecule has 2 unspecified atom stereocenters. The Hall–Kier alpha value is -1.24. The minimum Gasteiger partial charge on any atom is -0.467 e. The van der Waals surface area contributed by atoms with Crippen LogP contribution in [0.15, 0.2) is 0 Å². The monoisotopic (exact) mass is 297 g/mol. The van der Waals surface area contributed by atoms with Crippen LogP contribution in [0.2, 0.25) is 0 Å². The second kappa shape index (κ2) is 7.52. The number of thioether (sulfide) groups is 1. The van der Waals surface area contributed by atoms with Crippen molar-refractivity contribution < 1.29 is 4.74 Å². The Bertz CT molecular complexity index is 431. The molecule has 1 aliphatic carbocycles. The SMILES string of the molecule is CCNc1nc(NC2CCCC(SC)C2)nc(OC)n1. The summed E-state index contributed by atoms with van der Waals surface area (Å²) in [6.07, 6.45) is 7.07. The first-order valence-electron chi connectivity index (χ1n) is 7.08. The molecule has 112 valence electrons. The Balaban J connectivity index is 2.05. The van der Waals surface area contributed by atoms with Crippen LogP contribution < -0.4 is 15.4 Å². The Morgan fingerprint density at radius 1 is 1.25 bits per heavy atom. The van der Waals surface area contributed by atoms with Crippen LogP contribution >= 0.6 is 11.8 Å². The minimum atomic E-state index is 0.343. The molecule has 0 amide bonds. The average Bonchev–Trinajstić information content (AvgIpc) is 2.47. The summed E-state index contributed by atoms with van der Waals surface area (Å²) < 4.78 is 5.13. The lowest BCUT2D eigenvalue weighted by atomic mass is 9.95. The molecule has 1 heterocycles. The van der Waals surface area contributed by atoms with Gasteiger partial charge in [-0.15, -0.1) is 0 Å². The summed E-state index contributed by atoms with van der Waals surface area (Å²) in [6.45, 7) is 2.78. The molecule has 0 spiro atoms. The van der Waals surface area contributed by atoms with E-state index in [2.05, 4.69) is 31.8 Å². The maximum absolute atomic E-state index is 5.13. The third-order valence-corrected chi connectivity index (χ3v) is 4.52. The van der Waals surface area contributed by atoms with Gasteiger partial charge in [0.15, 0.2) is 0 Å². The van der Waals surface area contributed by atoms with Crippen molar-refractivity contribution in [2.45, 2.75) is 43.9 Å². The van der Waals surface area contributed by atoms with Gasteiger partial charge in [0, 0.05) is 17.8 Å². The first-order valence-corrected chi connectivity index (χ1v) is 8.37. The fourth-order valence-electron chi connectivity index (χ4n) is 2.42. The number of ether oxygens (including phenoxy) is 1. The highest BCUT2D eigenvalue weighted by Crippen LogP contribution is 2.28. The standard InChI is InChI=1S/C13H23N5OS/c1-4-14-11-16-12(18-13(17-11)19-2)15-9-6-5-7-10(8-9)20-3/h9-10H,4-8H2,1-3H3,(H2,14,15,16,17,18). The maximum atomic E-state index is 5.13. The predicted octanol–water partition coefficient (Wildman–Crippen LogP) is 2.40. The van der Waals surface area contributed by atoms with Crippen molar-refractivity contribution in [2.75, 3.05) is 30.5 Å². The van der Waals surface area contributed by atoms with E-state index >= 15 is 0 Å². The summed E-state index contributed by atoms with van der Waals surface area (Å²) >= 11 is 1.95. The third-order valence-electron chi connectivity index (χ3n) is 3.43. The number of nitrogens with zero attached hydrogens (tertiary/aromatic N) is 3. The molecule has 0 aliphatic heterocycles. The zero-order valence-electron chi connectivity index (χ0n) is 12.3. The van der Waals surface area contributed by atoms with Crippen LogP contribution in [-0.2, 0) is 0 Å². The van der Waals surface area contributed by atoms with Gasteiger partial charge in [-0.1, -0.05) is 6.42 Å². The summed E-state index contributed by atoms with van der Waals surface area (Å²) in [5, 5.41) is 7.25. The van der Waals surface area contributed by atoms with Gasteiger partial charge in [0.25, 0.3) is 0 Å². The lowest BCUT2D eigenvalue weighted by Gasteiger charge is -2.28. The van der Waals surface area contributed by atoms with Crippen molar-refractivity contribution >= 4 is 23.7 Å². The molecule has 0 radical (unpaired) electrons. The van der Waals surface area contributed by atoms with E-state index in [-0.39, 0.29) is 0 Å². The molecule has 2 atom stereocenters. The van der Waals surface area contributed by atoms with E-state index in [9.17, 15) is 0 Å². The molecule has 1 aromatic heterocycles. The van der Waals surface area contributed by atoms with Crippen molar-refractivity contribution in [2.24, 2.45) is 0 Å². The average molecular weight is 297 g/mol. The molecule has 1 fully saturated rings. The fourth-order valence-corrected chi connectivity index (χ4v) is 3.25. The Kier molecular flexibility index (Phi) is 5.70. The van der Waals surface area contributed by atoms with E-state index < -0.39 is 0 Å². The van der Waals surface area contributed by atoms with Crippen molar-refractivity contribution in [1.29, 1.82) is 0 Å². The smallest absolute Gasteiger partial charge is 0.322 e. The number of rotatable bonds is 6. The van der Waals surface area contributed by atoms with E-state index in [0.29, 0.717) is 23.9 Å². The molecule has 0 saturated heterocycles. The van der Waals surface area contributed by atoms with Gasteiger partial charge in [0.1, 0.15) is 0 Å². The molecule has 1 aromatic rings. The maximum Gasteiger partial charge on any atom is 0.322 e. The second-order valence-electron chi connectivity index (χ2n) is 4.87. The highest BCUT2D eigenvalue weighted by atomic mass is 32.2. The molecule has 2 N–H and O–H groups in total. The molecule has 0 bridgehead atoms. The molecule has 1 saturated carbocycles. The number of anilines is 2. The van der Waals surface area contributed by atoms with E-state index in [0.717, 1.165) is 18.2 Å². The number of methoxy groups -OCH3 is 1. The van der Waals surface area contributed by atoms with Crippen LogP contribution in [0.5, 0.6) is 6.01 Å². The van der Waals surface area contributed by atoms with E-state index in [1.807, 2.05) is 18.7 Å². The number of hydrogen-bond donors (Lipinski definition) is 2. The second-order valence-corrected chi connectivity index (χ2v) is 6.00. The predicted molar refractivity (Wildman–Crippen MR) is 83.7 cm³/mol. The summed E-state index contributed by atoms with van der Waals surface area (Å²) in [5.74, 6) is 1.15. The summed E-state index contributed by atoms with van der Waals surface area (Å²) in [7, 11) is 1.57. The highest BCUT2D eigenvalue weighted by Gasteiger charge is 2.22. The van der Waals surface area contributed by atoms with Gasteiger partial charge in [0.05, 0.1) is 7.11 Å². The van der Waals surface area contributed by atoms with Crippen LogP contribution in [0.4, 0.5) is 11.9 Å². The molecule has 20 heavy (non-hydrogen) atoms. The Labute approximate surface area is 124 Å². The Morgan fingerprint density at radius 3 is 2.75 bits per heavy atom. The fraction of sp³-hybridized carbons (Fsp3) is 0.769. The first-order chi connectivity index (χ1) is 9.75. The highest BCUT2D eigenvalue weighted by molar-refractivity contribution is 7.99. The van der Waals surface area contributed by atoms with E-state index in [1.54, 1.807) is 7.11 Å². The molecule has 7 heteroatoms. The van der Waals surface area contributed by atoms with Gasteiger partial charge >= 0.3 is 6.01 Å². The van der Waals surface area contributed by atoms with Gasteiger partial charge in [-0.05, 0) is 32.4 Å². The molecule has 1 aliphatic rings. The van der Waals surface area contributed by atoms with Gasteiger partial charge in [0.2, 0.25) is 11.9 Å². The first kappa shape index (κ1) is 15.2. The van der Waals surface area contributed by atoms with Crippen molar-refractivity contribution in [3.63, 3.8) is 0 Å². The van der Waals surface area contributed by atoms with Crippen LogP contribution in [0.1, 0.15) is 32.6 Å². The molecular formula is C13H23N5OS. The normalized spacial score (nSPS) is 22.4. The van der Waals surface area contributed by atoms with Gasteiger partial charge in [-0.25, -0.2) is 0 Å². The molecule has 2 rings (SSSR count). The topological polar surface area (TPSA) is 72.0 Å². The van der Waals surface area contributed by atoms with Crippen molar-refractivity contribution in [1.82, 2.24) is 15.0 Å². The van der Waals surface area contributed by atoms with E-state index in [4.69, 9.17) is 4.74 Å². The van der Waals surface area contributed by atoms with Crippen LogP contribution in [0.3, 0.4) is 0 Å². The van der Waals surface area contributed by atoms with Crippen LogP contribution in [0, 0.1) is 0 Å².